The second-order valence-electron chi connectivity index (χ2n) is 6.71. The molecule has 25 heavy (non-hydrogen) atoms. The maximum atomic E-state index is 11.6. The number of hydrogen-bond donors (Lipinski definition) is 2. The molecule has 0 saturated heterocycles. The molecule has 4 heteroatoms. The van der Waals surface area contributed by atoms with Crippen molar-refractivity contribution in [2.45, 2.75) is 52.4 Å². The fourth-order valence-electron chi connectivity index (χ4n) is 2.80. The number of phenols is 1. The lowest BCUT2D eigenvalue weighted by Crippen LogP contribution is -2.10. The molecule has 0 spiro atoms. The lowest BCUT2D eigenvalue weighted by atomic mass is 9.98. The number of carboxylic acids is 1. The molecule has 0 unspecified atom stereocenters. The Bertz CT molecular complexity index is 791. The SMILES string of the molecule is CC(C)=CCCC(C)=CCC[C@H](C(=O)O)c1cc2cc(O)ccc2o1. The third-order valence-corrected chi connectivity index (χ3v) is 4.20. The van der Waals surface area contributed by atoms with E-state index in [2.05, 4.69) is 32.9 Å². The summed E-state index contributed by atoms with van der Waals surface area (Å²) in [5.74, 6) is -0.999. The first-order chi connectivity index (χ1) is 11.9. The van der Waals surface area contributed by atoms with Crippen molar-refractivity contribution >= 4 is 16.9 Å². The molecule has 0 bridgehead atoms. The fourth-order valence-corrected chi connectivity index (χ4v) is 2.80. The van der Waals surface area contributed by atoms with Crippen LogP contribution in [0.4, 0.5) is 0 Å². The van der Waals surface area contributed by atoms with E-state index in [-0.39, 0.29) is 5.75 Å². The number of benzene rings is 1. The Balaban J connectivity index is 2.03. The highest BCUT2D eigenvalue weighted by molar-refractivity contribution is 5.82. The lowest BCUT2D eigenvalue weighted by Gasteiger charge is -2.08. The predicted molar refractivity (Wildman–Crippen MR) is 99.9 cm³/mol. The zero-order valence-electron chi connectivity index (χ0n) is 15.1. The number of allylic oxidation sites excluding steroid dienone is 4. The average molecular weight is 342 g/mol. The molecule has 2 N–H and O–H groups in total. The molecule has 0 fully saturated rings. The summed E-state index contributed by atoms with van der Waals surface area (Å²) in [4.78, 5) is 11.6. The summed E-state index contributed by atoms with van der Waals surface area (Å²) >= 11 is 0. The number of carboxylic acid groups (broad SMARTS) is 1. The Morgan fingerprint density at radius 2 is 1.92 bits per heavy atom. The number of aromatic hydroxyl groups is 1. The second-order valence-corrected chi connectivity index (χ2v) is 6.71. The van der Waals surface area contributed by atoms with E-state index in [1.165, 1.54) is 17.2 Å². The van der Waals surface area contributed by atoms with Crippen LogP contribution in [0, 0.1) is 0 Å². The first kappa shape index (κ1) is 18.8. The van der Waals surface area contributed by atoms with E-state index in [1.54, 1.807) is 18.2 Å². The van der Waals surface area contributed by atoms with Crippen molar-refractivity contribution in [2.24, 2.45) is 0 Å². The van der Waals surface area contributed by atoms with Gasteiger partial charge in [-0.2, -0.15) is 0 Å². The molecule has 134 valence electrons. The van der Waals surface area contributed by atoms with Gasteiger partial charge in [0.25, 0.3) is 0 Å². The van der Waals surface area contributed by atoms with E-state index < -0.39 is 11.9 Å². The zero-order valence-corrected chi connectivity index (χ0v) is 15.1. The van der Waals surface area contributed by atoms with E-state index in [9.17, 15) is 15.0 Å². The fraction of sp³-hybridized carbons (Fsp3) is 0.381. The standard InChI is InChI=1S/C21H26O4/c1-14(2)6-4-7-15(3)8-5-9-18(21(23)24)20-13-16-12-17(22)10-11-19(16)25-20/h6,8,10-13,18,22H,4-5,7,9H2,1-3H3,(H,23,24)/t18-/m0/s1. The predicted octanol–water partition coefficient (Wildman–Crippen LogP) is 5.78. The van der Waals surface area contributed by atoms with Gasteiger partial charge in [-0.25, -0.2) is 0 Å². The van der Waals surface area contributed by atoms with Crippen molar-refractivity contribution < 1.29 is 19.4 Å². The average Bonchev–Trinajstić information content (AvgIpc) is 2.93. The number of rotatable bonds is 8. The Morgan fingerprint density at radius 3 is 2.60 bits per heavy atom. The third-order valence-electron chi connectivity index (χ3n) is 4.20. The smallest absolute Gasteiger partial charge is 0.314 e. The molecule has 1 heterocycles. The number of fused-ring (bicyclic) bond motifs is 1. The highest BCUT2D eigenvalue weighted by atomic mass is 16.4. The molecule has 0 saturated carbocycles. The summed E-state index contributed by atoms with van der Waals surface area (Å²) in [6.07, 6.45) is 7.51. The van der Waals surface area contributed by atoms with Gasteiger partial charge in [-0.15, -0.1) is 0 Å². The minimum Gasteiger partial charge on any atom is -0.508 e. The van der Waals surface area contributed by atoms with Crippen LogP contribution in [-0.2, 0) is 4.79 Å². The van der Waals surface area contributed by atoms with Crippen LogP contribution in [0.5, 0.6) is 5.75 Å². The number of carbonyl (C=O) groups is 1. The van der Waals surface area contributed by atoms with Gasteiger partial charge < -0.3 is 14.6 Å². The van der Waals surface area contributed by atoms with Crippen molar-refractivity contribution in [3.05, 3.63) is 53.3 Å². The van der Waals surface area contributed by atoms with Crippen molar-refractivity contribution in [1.29, 1.82) is 0 Å². The molecule has 0 aliphatic carbocycles. The van der Waals surface area contributed by atoms with Crippen LogP contribution in [0.1, 0.15) is 58.1 Å². The van der Waals surface area contributed by atoms with Crippen molar-refractivity contribution in [3.8, 4) is 5.75 Å². The molecular weight excluding hydrogens is 316 g/mol. The van der Waals surface area contributed by atoms with Gasteiger partial charge in [-0.05, 0) is 70.7 Å². The summed E-state index contributed by atoms with van der Waals surface area (Å²) in [6.45, 7) is 6.26. The van der Waals surface area contributed by atoms with E-state index in [0.717, 1.165) is 18.2 Å². The summed E-state index contributed by atoms with van der Waals surface area (Å²) in [7, 11) is 0. The summed E-state index contributed by atoms with van der Waals surface area (Å²) in [5.41, 5.74) is 3.18. The quantitative estimate of drug-likeness (QED) is 0.597. The number of aliphatic carboxylic acids is 1. The Hall–Kier alpha value is -2.49. The third kappa shape index (κ3) is 5.52. The zero-order chi connectivity index (χ0) is 18.4. The molecular formula is C21H26O4. The summed E-state index contributed by atoms with van der Waals surface area (Å²) in [5, 5.41) is 19.8. The van der Waals surface area contributed by atoms with Crippen LogP contribution in [0.2, 0.25) is 0 Å². The van der Waals surface area contributed by atoms with Crippen LogP contribution in [0.3, 0.4) is 0 Å². The largest absolute Gasteiger partial charge is 0.508 e. The van der Waals surface area contributed by atoms with Crippen LogP contribution in [0.15, 0.2) is 52.0 Å². The minimum atomic E-state index is -0.890. The molecule has 0 aliphatic rings. The molecule has 0 aliphatic heterocycles. The maximum Gasteiger partial charge on any atom is 0.314 e. The van der Waals surface area contributed by atoms with Gasteiger partial charge in [0.15, 0.2) is 0 Å². The molecule has 1 aromatic carbocycles. The molecule has 1 aromatic heterocycles. The van der Waals surface area contributed by atoms with E-state index >= 15 is 0 Å². The molecule has 2 aromatic rings. The lowest BCUT2D eigenvalue weighted by molar-refractivity contribution is -0.139. The molecule has 1 atom stereocenters. The van der Waals surface area contributed by atoms with Gasteiger partial charge in [0.2, 0.25) is 0 Å². The molecule has 0 amide bonds. The van der Waals surface area contributed by atoms with Crippen LogP contribution >= 0.6 is 0 Å². The second kappa shape index (κ2) is 8.56. The van der Waals surface area contributed by atoms with Crippen LogP contribution in [-0.4, -0.2) is 16.2 Å². The maximum absolute atomic E-state index is 11.6. The molecule has 2 rings (SSSR count). The normalized spacial score (nSPS) is 13.0. The highest BCUT2D eigenvalue weighted by Gasteiger charge is 2.23. The number of hydrogen-bond acceptors (Lipinski definition) is 3. The Kier molecular flexibility index (Phi) is 6.45. The Morgan fingerprint density at radius 1 is 1.16 bits per heavy atom. The summed E-state index contributed by atoms with van der Waals surface area (Å²) in [6, 6.07) is 6.47. The van der Waals surface area contributed by atoms with E-state index in [1.807, 2.05) is 0 Å². The number of furan rings is 1. The minimum absolute atomic E-state index is 0.140. The van der Waals surface area contributed by atoms with Crippen molar-refractivity contribution in [2.75, 3.05) is 0 Å². The van der Waals surface area contributed by atoms with Gasteiger partial charge >= 0.3 is 5.97 Å². The van der Waals surface area contributed by atoms with Crippen molar-refractivity contribution in [1.82, 2.24) is 0 Å². The monoisotopic (exact) mass is 342 g/mol. The highest BCUT2D eigenvalue weighted by Crippen LogP contribution is 2.30. The van der Waals surface area contributed by atoms with Gasteiger partial charge in [0.05, 0.1) is 0 Å². The van der Waals surface area contributed by atoms with Crippen molar-refractivity contribution in [3.63, 3.8) is 0 Å². The first-order valence-electron chi connectivity index (χ1n) is 8.61. The van der Waals surface area contributed by atoms with Gasteiger partial charge in [-0.3, -0.25) is 4.79 Å². The van der Waals surface area contributed by atoms with Gasteiger partial charge in [0, 0.05) is 5.39 Å². The summed E-state index contributed by atoms with van der Waals surface area (Å²) < 4.78 is 5.67. The van der Waals surface area contributed by atoms with Crippen LogP contribution in [0.25, 0.3) is 11.0 Å². The van der Waals surface area contributed by atoms with Crippen LogP contribution < -0.4 is 0 Å². The van der Waals surface area contributed by atoms with E-state index in [4.69, 9.17) is 4.42 Å². The molecule has 4 nitrogen and oxygen atoms in total. The molecule has 0 radical (unpaired) electrons. The first-order valence-corrected chi connectivity index (χ1v) is 8.61. The number of phenolic OH excluding ortho intramolecular Hbond substituents is 1. The van der Waals surface area contributed by atoms with Gasteiger partial charge in [0.1, 0.15) is 23.0 Å². The van der Waals surface area contributed by atoms with Gasteiger partial charge in [-0.1, -0.05) is 23.3 Å². The topological polar surface area (TPSA) is 70.7 Å². The van der Waals surface area contributed by atoms with E-state index in [0.29, 0.717) is 24.2 Å². The Labute approximate surface area is 148 Å².